The largest absolute Gasteiger partial charge is 0.337 e. The number of rotatable bonds is 5. The summed E-state index contributed by atoms with van der Waals surface area (Å²) in [5.74, 6) is 0. The lowest BCUT2D eigenvalue weighted by Gasteiger charge is -2.08. The highest BCUT2D eigenvalue weighted by Gasteiger charge is 2.16. The Morgan fingerprint density at radius 2 is 1.95 bits per heavy atom. The Hall–Kier alpha value is -2.07. The van der Waals surface area contributed by atoms with E-state index in [0.717, 1.165) is 12.8 Å². The van der Waals surface area contributed by atoms with Gasteiger partial charge in [0.15, 0.2) is 0 Å². The smallest absolute Gasteiger partial charge is 0.328 e. The van der Waals surface area contributed by atoms with Crippen molar-refractivity contribution in [2.75, 3.05) is 6.54 Å². The molecular formula is C12H15N3O3S. The molecule has 0 aliphatic rings. The van der Waals surface area contributed by atoms with Crippen molar-refractivity contribution < 1.29 is 13.2 Å². The summed E-state index contributed by atoms with van der Waals surface area (Å²) in [7, 11) is -3.89. The summed E-state index contributed by atoms with van der Waals surface area (Å²) in [5.41, 5.74) is 0.353. The minimum absolute atomic E-state index is 0.0582. The maximum absolute atomic E-state index is 11.8. The first kappa shape index (κ1) is 15.0. The van der Waals surface area contributed by atoms with E-state index in [9.17, 15) is 13.2 Å². The minimum atomic E-state index is -3.89. The second-order valence-corrected chi connectivity index (χ2v) is 5.53. The molecule has 7 heteroatoms. The average Bonchev–Trinajstić information content (AvgIpc) is 2.38. The number of sulfonamides is 1. The number of hydrogen-bond donors (Lipinski definition) is 2. The molecule has 0 radical (unpaired) electrons. The number of amides is 2. The fourth-order valence-electron chi connectivity index (χ4n) is 1.30. The molecule has 1 aromatic carbocycles. The van der Waals surface area contributed by atoms with E-state index in [1.165, 1.54) is 24.3 Å². The third-order valence-corrected chi connectivity index (χ3v) is 3.68. The van der Waals surface area contributed by atoms with E-state index >= 15 is 0 Å². The number of urea groups is 1. The number of nitriles is 1. The zero-order valence-corrected chi connectivity index (χ0v) is 11.3. The zero-order chi connectivity index (χ0) is 14.3. The lowest BCUT2D eigenvalue weighted by Crippen LogP contribution is -2.39. The number of carbonyl (C=O) groups excluding carboxylic acids is 1. The van der Waals surface area contributed by atoms with Gasteiger partial charge < -0.3 is 5.32 Å². The minimum Gasteiger partial charge on any atom is -0.337 e. The molecule has 6 nitrogen and oxygen atoms in total. The van der Waals surface area contributed by atoms with Crippen molar-refractivity contribution in [2.45, 2.75) is 24.7 Å². The number of hydrogen-bond acceptors (Lipinski definition) is 4. The summed E-state index contributed by atoms with van der Waals surface area (Å²) in [6, 6.07) is 6.45. The second kappa shape index (κ2) is 6.75. The van der Waals surface area contributed by atoms with E-state index in [4.69, 9.17) is 5.26 Å². The second-order valence-electron chi connectivity index (χ2n) is 3.85. The van der Waals surface area contributed by atoms with Crippen LogP contribution in [0.15, 0.2) is 29.2 Å². The molecule has 1 aromatic rings. The summed E-state index contributed by atoms with van der Waals surface area (Å²) in [6.07, 6.45) is 1.69. The Morgan fingerprint density at radius 3 is 2.47 bits per heavy atom. The maximum Gasteiger partial charge on any atom is 0.328 e. The van der Waals surface area contributed by atoms with Gasteiger partial charge >= 0.3 is 6.03 Å². The molecule has 0 atom stereocenters. The van der Waals surface area contributed by atoms with Gasteiger partial charge in [-0.05, 0) is 30.7 Å². The summed E-state index contributed by atoms with van der Waals surface area (Å²) in [5, 5.41) is 11.1. The van der Waals surface area contributed by atoms with Crippen LogP contribution in [-0.2, 0) is 10.0 Å². The lowest BCUT2D eigenvalue weighted by atomic mass is 10.2. The quantitative estimate of drug-likeness (QED) is 0.796. The highest BCUT2D eigenvalue weighted by molar-refractivity contribution is 7.90. The molecule has 0 aliphatic heterocycles. The molecule has 2 N–H and O–H groups in total. The van der Waals surface area contributed by atoms with Gasteiger partial charge in [0, 0.05) is 6.54 Å². The van der Waals surface area contributed by atoms with Gasteiger partial charge in [-0.2, -0.15) is 5.26 Å². The molecule has 0 unspecified atom stereocenters. The Balaban J connectivity index is 2.70. The van der Waals surface area contributed by atoms with Gasteiger partial charge in [0.1, 0.15) is 0 Å². The van der Waals surface area contributed by atoms with Crippen molar-refractivity contribution in [3.63, 3.8) is 0 Å². The van der Waals surface area contributed by atoms with Crippen LogP contribution >= 0.6 is 0 Å². The first-order chi connectivity index (χ1) is 8.99. The third-order valence-electron chi connectivity index (χ3n) is 2.34. The van der Waals surface area contributed by atoms with Gasteiger partial charge in [-0.1, -0.05) is 13.3 Å². The van der Waals surface area contributed by atoms with Crippen LogP contribution in [0.4, 0.5) is 4.79 Å². The van der Waals surface area contributed by atoms with Gasteiger partial charge in [0.25, 0.3) is 10.0 Å². The molecule has 0 saturated carbocycles. The maximum atomic E-state index is 11.8. The van der Waals surface area contributed by atoms with Crippen LogP contribution < -0.4 is 10.0 Å². The van der Waals surface area contributed by atoms with Crippen molar-refractivity contribution in [1.82, 2.24) is 10.0 Å². The molecule has 0 bridgehead atoms. The van der Waals surface area contributed by atoms with Crippen LogP contribution in [0.2, 0.25) is 0 Å². The Labute approximate surface area is 112 Å². The number of nitrogens with one attached hydrogen (secondary N) is 2. The molecule has 0 spiro atoms. The summed E-state index contributed by atoms with van der Waals surface area (Å²) in [4.78, 5) is 11.3. The highest BCUT2D eigenvalue weighted by atomic mass is 32.2. The topological polar surface area (TPSA) is 99.1 Å². The highest BCUT2D eigenvalue weighted by Crippen LogP contribution is 2.09. The summed E-state index contributed by atoms with van der Waals surface area (Å²) >= 11 is 0. The zero-order valence-electron chi connectivity index (χ0n) is 10.5. The van der Waals surface area contributed by atoms with Crippen LogP contribution in [0.3, 0.4) is 0 Å². The molecular weight excluding hydrogens is 266 g/mol. The molecule has 19 heavy (non-hydrogen) atoms. The first-order valence-electron chi connectivity index (χ1n) is 5.80. The standard InChI is InChI=1S/C12H15N3O3S/c1-2-3-8-14-12(16)15-19(17,18)11-6-4-10(9-13)5-7-11/h4-7H,2-3,8H2,1H3,(H2,14,15,16). The molecule has 0 fully saturated rings. The Bertz CT molecular complexity index is 573. The Kier molecular flexibility index (Phi) is 5.33. The molecule has 0 heterocycles. The Morgan fingerprint density at radius 1 is 1.32 bits per heavy atom. The average molecular weight is 281 g/mol. The van der Waals surface area contributed by atoms with Crippen LogP contribution in [0.1, 0.15) is 25.3 Å². The summed E-state index contributed by atoms with van der Waals surface area (Å²) in [6.45, 7) is 2.39. The van der Waals surface area contributed by atoms with E-state index in [1.807, 2.05) is 17.7 Å². The first-order valence-corrected chi connectivity index (χ1v) is 7.28. The summed E-state index contributed by atoms with van der Waals surface area (Å²) < 4.78 is 25.5. The van der Waals surface area contributed by atoms with Crippen LogP contribution in [-0.4, -0.2) is 21.0 Å². The van der Waals surface area contributed by atoms with Gasteiger partial charge in [-0.3, -0.25) is 0 Å². The molecule has 0 saturated heterocycles. The predicted molar refractivity (Wildman–Crippen MR) is 69.8 cm³/mol. The van der Waals surface area contributed by atoms with E-state index in [1.54, 1.807) is 0 Å². The van der Waals surface area contributed by atoms with E-state index in [-0.39, 0.29) is 4.90 Å². The number of carbonyl (C=O) groups is 1. The van der Waals surface area contributed by atoms with Crippen LogP contribution in [0.5, 0.6) is 0 Å². The van der Waals surface area contributed by atoms with Crippen molar-refractivity contribution in [1.29, 1.82) is 5.26 Å². The van der Waals surface area contributed by atoms with Crippen LogP contribution in [0, 0.1) is 11.3 Å². The number of nitrogens with zero attached hydrogens (tertiary/aromatic N) is 1. The number of unbranched alkanes of at least 4 members (excludes halogenated alkanes) is 1. The third kappa shape index (κ3) is 4.60. The van der Waals surface area contributed by atoms with E-state index in [0.29, 0.717) is 12.1 Å². The van der Waals surface area contributed by atoms with Crippen molar-refractivity contribution in [3.05, 3.63) is 29.8 Å². The molecule has 0 aromatic heterocycles. The van der Waals surface area contributed by atoms with Crippen molar-refractivity contribution in [2.24, 2.45) is 0 Å². The predicted octanol–water partition coefficient (Wildman–Crippen LogP) is 1.35. The molecule has 2 amide bonds. The van der Waals surface area contributed by atoms with Gasteiger partial charge in [0.05, 0.1) is 16.5 Å². The number of benzene rings is 1. The fourth-order valence-corrected chi connectivity index (χ4v) is 2.23. The molecule has 102 valence electrons. The normalized spacial score (nSPS) is 10.5. The SMILES string of the molecule is CCCCNC(=O)NS(=O)(=O)c1ccc(C#N)cc1. The van der Waals surface area contributed by atoms with E-state index in [2.05, 4.69) is 5.32 Å². The fraction of sp³-hybridized carbons (Fsp3) is 0.333. The van der Waals surface area contributed by atoms with Crippen LogP contribution in [0.25, 0.3) is 0 Å². The van der Waals surface area contributed by atoms with Gasteiger partial charge in [-0.25, -0.2) is 17.9 Å². The monoisotopic (exact) mass is 281 g/mol. The van der Waals surface area contributed by atoms with Gasteiger partial charge in [0.2, 0.25) is 0 Å². The van der Waals surface area contributed by atoms with Crippen molar-refractivity contribution >= 4 is 16.1 Å². The lowest BCUT2D eigenvalue weighted by molar-refractivity contribution is 0.245. The molecule has 0 aliphatic carbocycles. The van der Waals surface area contributed by atoms with E-state index < -0.39 is 16.1 Å². The van der Waals surface area contributed by atoms with Gasteiger partial charge in [-0.15, -0.1) is 0 Å². The molecule has 1 rings (SSSR count). The van der Waals surface area contributed by atoms with Crippen molar-refractivity contribution in [3.8, 4) is 6.07 Å².